The maximum Gasteiger partial charge on any atom is 0.0953 e. The molecule has 3 nitrogen and oxygen atoms in total. The summed E-state index contributed by atoms with van der Waals surface area (Å²) in [6, 6.07) is 8.42. The van der Waals surface area contributed by atoms with Crippen molar-refractivity contribution in [2.45, 2.75) is 45.7 Å². The van der Waals surface area contributed by atoms with E-state index in [4.69, 9.17) is 0 Å². The Bertz CT molecular complexity index is 548. The first-order valence-corrected chi connectivity index (χ1v) is 8.33. The monoisotopic (exact) mass is 304 g/mol. The van der Waals surface area contributed by atoms with Crippen molar-refractivity contribution in [3.63, 3.8) is 0 Å². The van der Waals surface area contributed by atoms with E-state index in [2.05, 4.69) is 55.3 Å². The Morgan fingerprint density at radius 3 is 2.48 bits per heavy atom. The first-order chi connectivity index (χ1) is 10.1. The Morgan fingerprint density at radius 1 is 1.24 bits per heavy atom. The minimum Gasteiger partial charge on any atom is -0.394 e. The van der Waals surface area contributed by atoms with Crippen LogP contribution in [0.1, 0.15) is 53.7 Å². The van der Waals surface area contributed by atoms with Gasteiger partial charge in [-0.25, -0.2) is 4.98 Å². The molecule has 4 heteroatoms. The van der Waals surface area contributed by atoms with Crippen LogP contribution in [0.2, 0.25) is 0 Å². The third-order valence-corrected chi connectivity index (χ3v) is 4.86. The van der Waals surface area contributed by atoms with Crippen molar-refractivity contribution in [3.05, 3.63) is 51.5 Å². The molecule has 1 aromatic carbocycles. The molecule has 2 rings (SSSR count). The first-order valence-electron chi connectivity index (χ1n) is 7.51. The van der Waals surface area contributed by atoms with Crippen LogP contribution < -0.4 is 5.32 Å². The highest BCUT2D eigenvalue weighted by Gasteiger charge is 2.11. The van der Waals surface area contributed by atoms with Crippen LogP contribution in [-0.2, 0) is 13.0 Å². The van der Waals surface area contributed by atoms with E-state index in [1.807, 2.05) is 6.20 Å². The molecule has 2 aromatic rings. The molecule has 0 saturated heterocycles. The minimum absolute atomic E-state index is 0.0273. The largest absolute Gasteiger partial charge is 0.394 e. The third kappa shape index (κ3) is 4.37. The molecule has 0 aliphatic rings. The number of aromatic nitrogens is 1. The van der Waals surface area contributed by atoms with E-state index >= 15 is 0 Å². The summed E-state index contributed by atoms with van der Waals surface area (Å²) in [5.74, 6) is 0.471. The van der Waals surface area contributed by atoms with Crippen molar-refractivity contribution in [3.8, 4) is 0 Å². The fourth-order valence-corrected chi connectivity index (χ4v) is 3.04. The molecule has 0 radical (unpaired) electrons. The lowest BCUT2D eigenvalue weighted by atomic mass is 10.0. The average molecular weight is 304 g/mol. The van der Waals surface area contributed by atoms with Gasteiger partial charge in [0.1, 0.15) is 0 Å². The molecule has 2 N–H and O–H groups in total. The third-order valence-electron chi connectivity index (χ3n) is 3.56. The highest BCUT2D eigenvalue weighted by Crippen LogP contribution is 2.22. The van der Waals surface area contributed by atoms with E-state index in [-0.39, 0.29) is 12.6 Å². The lowest BCUT2D eigenvalue weighted by molar-refractivity contribution is 0.244. The summed E-state index contributed by atoms with van der Waals surface area (Å²) in [4.78, 5) is 5.64. The number of thiazole rings is 1. The van der Waals surface area contributed by atoms with Crippen LogP contribution in [0.25, 0.3) is 0 Å². The molecule has 21 heavy (non-hydrogen) atoms. The van der Waals surface area contributed by atoms with Crippen molar-refractivity contribution in [2.24, 2.45) is 0 Å². The van der Waals surface area contributed by atoms with Gasteiger partial charge in [-0.3, -0.25) is 0 Å². The maximum absolute atomic E-state index is 9.60. The topological polar surface area (TPSA) is 45.1 Å². The standard InChI is InChI=1S/C17H24N2OS/c1-4-13-5-7-14(8-6-13)16(11-20)18-9-15-10-19-17(21-15)12(2)3/h5-8,10,12,16,18,20H,4,9,11H2,1-3H3. The second-order valence-corrected chi connectivity index (χ2v) is 6.68. The first kappa shape index (κ1) is 16.1. The SMILES string of the molecule is CCc1ccc(C(CO)NCc2cnc(C(C)C)s2)cc1. The van der Waals surface area contributed by atoms with Crippen LogP contribution in [0.5, 0.6) is 0 Å². The number of benzene rings is 1. The fourth-order valence-electron chi connectivity index (χ4n) is 2.17. The molecule has 1 unspecified atom stereocenters. The summed E-state index contributed by atoms with van der Waals surface area (Å²) in [5.41, 5.74) is 2.45. The van der Waals surface area contributed by atoms with E-state index < -0.39 is 0 Å². The van der Waals surface area contributed by atoms with E-state index in [1.165, 1.54) is 15.4 Å². The molecule has 0 saturated carbocycles. The van der Waals surface area contributed by atoms with Crippen molar-refractivity contribution in [1.29, 1.82) is 0 Å². The smallest absolute Gasteiger partial charge is 0.0953 e. The minimum atomic E-state index is -0.0273. The second kappa shape index (κ2) is 7.69. The van der Waals surface area contributed by atoms with E-state index in [9.17, 15) is 5.11 Å². The Kier molecular flexibility index (Phi) is 5.91. The van der Waals surface area contributed by atoms with E-state index in [0.29, 0.717) is 5.92 Å². The molecule has 0 aliphatic heterocycles. The van der Waals surface area contributed by atoms with Gasteiger partial charge in [-0.1, -0.05) is 45.0 Å². The second-order valence-electron chi connectivity index (χ2n) is 5.53. The Morgan fingerprint density at radius 2 is 1.95 bits per heavy atom. The van der Waals surface area contributed by atoms with Crippen LogP contribution in [0.4, 0.5) is 0 Å². The lowest BCUT2D eigenvalue weighted by Crippen LogP contribution is -2.23. The van der Waals surface area contributed by atoms with Crippen molar-refractivity contribution < 1.29 is 5.11 Å². The van der Waals surface area contributed by atoms with Crippen molar-refractivity contribution in [2.75, 3.05) is 6.61 Å². The number of rotatable bonds is 7. The molecule has 0 fully saturated rings. The van der Waals surface area contributed by atoms with Crippen LogP contribution in [0.3, 0.4) is 0 Å². The highest BCUT2D eigenvalue weighted by atomic mass is 32.1. The molecule has 114 valence electrons. The zero-order valence-corrected chi connectivity index (χ0v) is 13.8. The van der Waals surface area contributed by atoms with Crippen LogP contribution in [0.15, 0.2) is 30.5 Å². The van der Waals surface area contributed by atoms with Gasteiger partial charge >= 0.3 is 0 Å². The van der Waals surface area contributed by atoms with Crippen molar-refractivity contribution in [1.82, 2.24) is 10.3 Å². The van der Waals surface area contributed by atoms with Crippen LogP contribution in [-0.4, -0.2) is 16.7 Å². The van der Waals surface area contributed by atoms with E-state index in [1.54, 1.807) is 11.3 Å². The summed E-state index contributed by atoms with van der Waals surface area (Å²) < 4.78 is 0. The van der Waals surface area contributed by atoms with Gasteiger partial charge in [0.15, 0.2) is 0 Å². The van der Waals surface area contributed by atoms with Crippen LogP contribution in [0, 0.1) is 0 Å². The molecule has 1 atom stereocenters. The number of aliphatic hydroxyl groups is 1. The zero-order chi connectivity index (χ0) is 15.2. The fraction of sp³-hybridized carbons (Fsp3) is 0.471. The number of aliphatic hydroxyl groups excluding tert-OH is 1. The number of nitrogens with one attached hydrogen (secondary N) is 1. The van der Waals surface area contributed by atoms with Gasteiger partial charge in [0.05, 0.1) is 17.7 Å². The van der Waals surface area contributed by atoms with Gasteiger partial charge in [-0.05, 0) is 17.5 Å². The number of aryl methyl sites for hydroxylation is 1. The summed E-state index contributed by atoms with van der Waals surface area (Å²) >= 11 is 1.74. The summed E-state index contributed by atoms with van der Waals surface area (Å²) in [6.07, 6.45) is 2.97. The summed E-state index contributed by atoms with van der Waals surface area (Å²) in [5, 5.41) is 14.2. The van der Waals surface area contributed by atoms with Gasteiger partial charge in [-0.15, -0.1) is 11.3 Å². The van der Waals surface area contributed by atoms with Gasteiger partial charge in [0.2, 0.25) is 0 Å². The number of hydrogen-bond donors (Lipinski definition) is 2. The Balaban J connectivity index is 1.97. The number of nitrogens with zero attached hydrogens (tertiary/aromatic N) is 1. The molecule has 1 heterocycles. The zero-order valence-electron chi connectivity index (χ0n) is 13.0. The molecule has 0 aliphatic carbocycles. The predicted molar refractivity (Wildman–Crippen MR) is 88.7 cm³/mol. The van der Waals surface area contributed by atoms with Gasteiger partial charge in [0.25, 0.3) is 0 Å². The maximum atomic E-state index is 9.60. The Labute approximate surface area is 131 Å². The normalized spacial score (nSPS) is 12.8. The van der Waals surface area contributed by atoms with Gasteiger partial charge in [-0.2, -0.15) is 0 Å². The van der Waals surface area contributed by atoms with E-state index in [0.717, 1.165) is 18.5 Å². The predicted octanol–water partition coefficient (Wildman–Crippen LogP) is 3.65. The molecular weight excluding hydrogens is 280 g/mol. The molecular formula is C17H24N2OS. The lowest BCUT2D eigenvalue weighted by Gasteiger charge is -2.16. The molecule has 0 amide bonds. The molecule has 0 bridgehead atoms. The van der Waals surface area contributed by atoms with Gasteiger partial charge in [0, 0.05) is 23.5 Å². The summed E-state index contributed by atoms with van der Waals surface area (Å²) in [6.45, 7) is 7.29. The van der Waals surface area contributed by atoms with Crippen molar-refractivity contribution >= 4 is 11.3 Å². The van der Waals surface area contributed by atoms with Gasteiger partial charge < -0.3 is 10.4 Å². The number of hydrogen-bond acceptors (Lipinski definition) is 4. The highest BCUT2D eigenvalue weighted by molar-refractivity contribution is 7.11. The summed E-state index contributed by atoms with van der Waals surface area (Å²) in [7, 11) is 0. The van der Waals surface area contributed by atoms with Crippen LogP contribution >= 0.6 is 11.3 Å². The molecule has 1 aromatic heterocycles. The molecule has 0 spiro atoms. The average Bonchev–Trinajstić information content (AvgIpc) is 2.98. The quantitative estimate of drug-likeness (QED) is 0.820. The Hall–Kier alpha value is -1.23.